The molecule has 2 saturated heterocycles. The summed E-state index contributed by atoms with van der Waals surface area (Å²) in [6.45, 7) is 4.71. The Morgan fingerprint density at radius 2 is 1.74 bits per heavy atom. The molecule has 0 aliphatic carbocycles. The number of para-hydroxylation sites is 2. The quantitative estimate of drug-likeness (QED) is 0.656. The average molecular weight is 444 g/mol. The number of nitrogens with zero attached hydrogens (tertiary/aromatic N) is 2. The van der Waals surface area contributed by atoms with Gasteiger partial charge in [0.1, 0.15) is 5.60 Å². The summed E-state index contributed by atoms with van der Waals surface area (Å²) in [4.78, 5) is 18.0. The van der Waals surface area contributed by atoms with Crippen molar-refractivity contribution in [3.05, 3.63) is 70.6 Å². The summed E-state index contributed by atoms with van der Waals surface area (Å²) in [7, 11) is 0. The lowest BCUT2D eigenvalue weighted by Crippen LogP contribution is -2.54. The summed E-state index contributed by atoms with van der Waals surface area (Å²) in [5.74, 6) is 0. The molecular weight excluding hydrogens is 414 g/mol. The van der Waals surface area contributed by atoms with Crippen LogP contribution in [-0.4, -0.2) is 59.5 Å². The topological polar surface area (TPSA) is 59.5 Å². The van der Waals surface area contributed by atoms with Gasteiger partial charge in [-0.2, -0.15) is 0 Å². The molecule has 7 heteroatoms. The third kappa shape index (κ3) is 4.72. The number of aromatic amines is 1. The first-order valence-electron chi connectivity index (χ1n) is 10.9. The first kappa shape index (κ1) is 22.1. The standard InChI is InChI=1S/C24H29N3O3.ClH/c28-23-25-21-8-4-5-9-22(21)27(23)20-10-12-26(13-11-20)17-24(18-29-14-15-30-24)16-19-6-2-1-3-7-19;/h1-9,20H,10-18H2,(H,25,28);1H. The lowest BCUT2D eigenvalue weighted by Gasteiger charge is -2.43. The number of benzene rings is 2. The minimum atomic E-state index is -0.302. The Morgan fingerprint density at radius 3 is 2.48 bits per heavy atom. The Labute approximate surface area is 188 Å². The van der Waals surface area contributed by atoms with E-state index in [0.717, 1.165) is 49.9 Å². The SMILES string of the molecule is Cl.O=c1[nH]c2ccccc2n1C1CCN(CC2(Cc3ccccc3)COCCO2)CC1. The molecule has 6 nitrogen and oxygen atoms in total. The number of hydrogen-bond acceptors (Lipinski definition) is 4. The van der Waals surface area contributed by atoms with Crippen LogP contribution in [0.15, 0.2) is 59.4 Å². The van der Waals surface area contributed by atoms with Crippen LogP contribution in [0.4, 0.5) is 0 Å². The first-order chi connectivity index (χ1) is 14.7. The molecule has 1 atom stereocenters. The highest BCUT2D eigenvalue weighted by Crippen LogP contribution is 2.28. The highest BCUT2D eigenvalue weighted by molar-refractivity contribution is 5.85. The van der Waals surface area contributed by atoms with Crippen molar-refractivity contribution in [3.63, 3.8) is 0 Å². The molecule has 1 aromatic heterocycles. The molecule has 3 aromatic rings. The molecule has 0 radical (unpaired) electrons. The number of likely N-dealkylation sites (tertiary alicyclic amines) is 1. The van der Waals surface area contributed by atoms with Crippen molar-refractivity contribution in [3.8, 4) is 0 Å². The summed E-state index contributed by atoms with van der Waals surface area (Å²) >= 11 is 0. The Balaban J connectivity index is 0.00000231. The van der Waals surface area contributed by atoms with Gasteiger partial charge in [-0.3, -0.25) is 4.57 Å². The van der Waals surface area contributed by atoms with Crippen LogP contribution >= 0.6 is 12.4 Å². The molecule has 2 aromatic carbocycles. The van der Waals surface area contributed by atoms with Gasteiger partial charge in [0.15, 0.2) is 0 Å². The first-order valence-corrected chi connectivity index (χ1v) is 10.9. The van der Waals surface area contributed by atoms with Crippen molar-refractivity contribution < 1.29 is 9.47 Å². The van der Waals surface area contributed by atoms with Crippen LogP contribution in [0.2, 0.25) is 0 Å². The summed E-state index contributed by atoms with van der Waals surface area (Å²) in [5.41, 5.74) is 2.90. The maximum atomic E-state index is 12.5. The van der Waals surface area contributed by atoms with E-state index in [1.165, 1.54) is 5.56 Å². The largest absolute Gasteiger partial charge is 0.376 e. The number of hydrogen-bond donors (Lipinski definition) is 1. The normalized spacial score (nSPS) is 23.0. The van der Waals surface area contributed by atoms with E-state index in [-0.39, 0.29) is 29.7 Å². The molecule has 2 aliphatic heterocycles. The predicted octanol–water partition coefficient (Wildman–Crippen LogP) is 3.42. The number of H-pyrrole nitrogens is 1. The number of rotatable bonds is 5. The van der Waals surface area contributed by atoms with E-state index in [1.54, 1.807) is 0 Å². The van der Waals surface area contributed by atoms with E-state index in [0.29, 0.717) is 19.8 Å². The van der Waals surface area contributed by atoms with E-state index < -0.39 is 0 Å². The van der Waals surface area contributed by atoms with Crippen molar-refractivity contribution in [1.82, 2.24) is 14.5 Å². The number of piperidine rings is 1. The van der Waals surface area contributed by atoms with Crippen LogP contribution < -0.4 is 5.69 Å². The molecule has 3 heterocycles. The molecule has 0 bridgehead atoms. The molecule has 5 rings (SSSR count). The van der Waals surface area contributed by atoms with Crippen LogP contribution in [-0.2, 0) is 15.9 Å². The van der Waals surface area contributed by atoms with Crippen LogP contribution in [0, 0.1) is 0 Å². The third-order valence-corrected chi connectivity index (χ3v) is 6.43. The molecule has 0 spiro atoms. The van der Waals surface area contributed by atoms with Crippen LogP contribution in [0.3, 0.4) is 0 Å². The zero-order valence-electron chi connectivity index (χ0n) is 17.7. The number of halogens is 1. The fraction of sp³-hybridized carbons (Fsp3) is 0.458. The molecule has 0 amide bonds. The molecule has 2 fully saturated rings. The van der Waals surface area contributed by atoms with Crippen LogP contribution in [0.5, 0.6) is 0 Å². The van der Waals surface area contributed by atoms with E-state index >= 15 is 0 Å². The van der Waals surface area contributed by atoms with Crippen molar-refractivity contribution >= 4 is 23.4 Å². The maximum absolute atomic E-state index is 12.5. The van der Waals surface area contributed by atoms with Crippen molar-refractivity contribution in [1.29, 1.82) is 0 Å². The van der Waals surface area contributed by atoms with Crippen LogP contribution in [0.1, 0.15) is 24.4 Å². The lowest BCUT2D eigenvalue weighted by atomic mass is 9.92. The summed E-state index contributed by atoms with van der Waals surface area (Å²) < 4.78 is 14.1. The summed E-state index contributed by atoms with van der Waals surface area (Å²) in [5, 5.41) is 0. The van der Waals surface area contributed by atoms with Gasteiger partial charge in [-0.05, 0) is 30.5 Å². The van der Waals surface area contributed by atoms with Crippen molar-refractivity contribution in [2.24, 2.45) is 0 Å². The predicted molar refractivity (Wildman–Crippen MR) is 124 cm³/mol. The zero-order valence-corrected chi connectivity index (χ0v) is 18.5. The van der Waals surface area contributed by atoms with Crippen molar-refractivity contribution in [2.75, 3.05) is 39.5 Å². The smallest absolute Gasteiger partial charge is 0.326 e. The second-order valence-electron chi connectivity index (χ2n) is 8.57. The molecule has 31 heavy (non-hydrogen) atoms. The molecule has 2 aliphatic rings. The molecular formula is C24H30ClN3O3. The van der Waals surface area contributed by atoms with Gasteiger partial charge in [0.05, 0.1) is 30.9 Å². The van der Waals surface area contributed by atoms with Gasteiger partial charge in [0.2, 0.25) is 0 Å². The molecule has 1 N–H and O–H groups in total. The van der Waals surface area contributed by atoms with Crippen molar-refractivity contribution in [2.45, 2.75) is 30.9 Å². The second kappa shape index (κ2) is 9.57. The van der Waals surface area contributed by atoms with E-state index in [9.17, 15) is 4.79 Å². The van der Waals surface area contributed by atoms with Gasteiger partial charge >= 0.3 is 5.69 Å². The summed E-state index contributed by atoms with van der Waals surface area (Å²) in [6.07, 6.45) is 2.78. The monoisotopic (exact) mass is 443 g/mol. The Morgan fingerprint density at radius 1 is 1.00 bits per heavy atom. The minimum Gasteiger partial charge on any atom is -0.376 e. The number of imidazole rings is 1. The zero-order chi connectivity index (χ0) is 20.4. The molecule has 0 saturated carbocycles. The molecule has 1 unspecified atom stereocenters. The van der Waals surface area contributed by atoms with Gasteiger partial charge in [0, 0.05) is 32.1 Å². The Hall–Kier alpha value is -2.12. The fourth-order valence-electron chi connectivity index (χ4n) is 5.01. The fourth-order valence-corrected chi connectivity index (χ4v) is 5.01. The second-order valence-corrected chi connectivity index (χ2v) is 8.57. The van der Waals surface area contributed by atoms with E-state index in [4.69, 9.17) is 9.47 Å². The Kier molecular flexibility index (Phi) is 6.82. The third-order valence-electron chi connectivity index (χ3n) is 6.43. The van der Waals surface area contributed by atoms with E-state index in [1.807, 2.05) is 34.9 Å². The lowest BCUT2D eigenvalue weighted by molar-refractivity contribution is -0.167. The van der Waals surface area contributed by atoms with Gasteiger partial charge in [-0.25, -0.2) is 4.79 Å². The minimum absolute atomic E-state index is 0. The highest BCUT2D eigenvalue weighted by atomic mass is 35.5. The Bertz CT molecular complexity index is 1030. The average Bonchev–Trinajstić information content (AvgIpc) is 3.11. The van der Waals surface area contributed by atoms with Gasteiger partial charge in [-0.15, -0.1) is 12.4 Å². The maximum Gasteiger partial charge on any atom is 0.326 e. The number of ether oxygens (including phenoxy) is 2. The van der Waals surface area contributed by atoms with Gasteiger partial charge in [-0.1, -0.05) is 42.5 Å². The van der Waals surface area contributed by atoms with Gasteiger partial charge in [0.25, 0.3) is 0 Å². The van der Waals surface area contributed by atoms with Gasteiger partial charge < -0.3 is 19.4 Å². The number of nitrogens with one attached hydrogen (secondary N) is 1. The molecule has 166 valence electrons. The summed E-state index contributed by atoms with van der Waals surface area (Å²) in [6, 6.07) is 18.7. The highest BCUT2D eigenvalue weighted by Gasteiger charge is 2.37. The van der Waals surface area contributed by atoms with E-state index in [2.05, 4.69) is 34.1 Å². The number of fused-ring (bicyclic) bond motifs is 1. The number of aromatic nitrogens is 2. The van der Waals surface area contributed by atoms with Crippen LogP contribution in [0.25, 0.3) is 11.0 Å².